The van der Waals surface area contributed by atoms with Gasteiger partial charge in [0.15, 0.2) is 0 Å². The van der Waals surface area contributed by atoms with Crippen LogP contribution in [-0.4, -0.2) is 52.9 Å². The van der Waals surface area contributed by atoms with Gasteiger partial charge in [0.2, 0.25) is 0 Å². The number of amides is 3. The Balaban J connectivity index is 1.32. The zero-order chi connectivity index (χ0) is 20.9. The lowest BCUT2D eigenvalue weighted by Crippen LogP contribution is -2.48. The van der Waals surface area contributed by atoms with Crippen LogP contribution in [0.5, 0.6) is 0 Å². The van der Waals surface area contributed by atoms with Crippen molar-refractivity contribution in [2.45, 2.75) is 6.54 Å². The molecule has 1 aromatic heterocycles. The molecule has 3 amide bonds. The first kappa shape index (κ1) is 20.1. The number of aromatic nitrogens is 1. The number of hydrogen-bond acceptors (Lipinski definition) is 5. The van der Waals surface area contributed by atoms with E-state index in [4.69, 9.17) is 10.7 Å². The molecule has 0 atom stereocenters. The molecule has 1 fully saturated rings. The van der Waals surface area contributed by atoms with Gasteiger partial charge in [0.25, 0.3) is 5.91 Å². The second kappa shape index (κ2) is 9.06. The molecule has 2 aromatic carbocycles. The molecule has 0 spiro atoms. The Labute approximate surface area is 179 Å². The Morgan fingerprint density at radius 2 is 1.80 bits per heavy atom. The highest BCUT2D eigenvalue weighted by Crippen LogP contribution is 2.24. The van der Waals surface area contributed by atoms with Crippen LogP contribution in [0.4, 0.5) is 10.5 Å². The van der Waals surface area contributed by atoms with E-state index in [1.807, 2.05) is 23.1 Å². The fraction of sp³-hybridized carbons (Fsp3) is 0.227. The van der Waals surface area contributed by atoms with Gasteiger partial charge in [0.05, 0.1) is 5.69 Å². The summed E-state index contributed by atoms with van der Waals surface area (Å²) in [6, 6.07) is 16.4. The molecule has 0 saturated carbocycles. The van der Waals surface area contributed by atoms with Crippen molar-refractivity contribution in [3.05, 3.63) is 71.2 Å². The Morgan fingerprint density at radius 1 is 1.03 bits per heavy atom. The molecule has 7 nitrogen and oxygen atoms in total. The van der Waals surface area contributed by atoms with Crippen LogP contribution in [0.3, 0.4) is 0 Å². The average molecular weight is 422 g/mol. The molecule has 0 unspecified atom stereocenters. The minimum Gasteiger partial charge on any atom is -0.351 e. The highest BCUT2D eigenvalue weighted by Gasteiger charge is 2.23. The van der Waals surface area contributed by atoms with E-state index in [0.29, 0.717) is 24.3 Å². The minimum atomic E-state index is -0.648. The molecule has 3 aromatic rings. The Hall–Kier alpha value is -3.23. The first-order chi connectivity index (χ1) is 14.6. The number of benzene rings is 2. The van der Waals surface area contributed by atoms with Crippen LogP contribution in [-0.2, 0) is 6.54 Å². The third kappa shape index (κ3) is 4.84. The first-order valence-electron chi connectivity index (χ1n) is 9.76. The van der Waals surface area contributed by atoms with E-state index < -0.39 is 6.03 Å². The number of nitrogens with zero attached hydrogens (tertiary/aromatic N) is 3. The summed E-state index contributed by atoms with van der Waals surface area (Å²) in [6.07, 6.45) is 0. The number of primary amides is 1. The minimum absolute atomic E-state index is 0.0391. The third-order valence-corrected chi connectivity index (χ3v) is 5.93. The summed E-state index contributed by atoms with van der Waals surface area (Å²) < 4.78 is 0. The maximum Gasteiger partial charge on any atom is 0.316 e. The van der Waals surface area contributed by atoms with E-state index in [-0.39, 0.29) is 5.91 Å². The largest absolute Gasteiger partial charge is 0.351 e. The molecule has 3 N–H and O–H groups in total. The summed E-state index contributed by atoms with van der Waals surface area (Å²) in [4.78, 5) is 32.8. The number of carbonyl (C=O) groups excluding carboxylic acids is 2. The lowest BCUT2D eigenvalue weighted by molar-refractivity contribution is 0.0627. The van der Waals surface area contributed by atoms with Gasteiger partial charge >= 0.3 is 6.03 Å². The van der Waals surface area contributed by atoms with Crippen molar-refractivity contribution in [1.29, 1.82) is 0 Å². The smallest absolute Gasteiger partial charge is 0.316 e. The lowest BCUT2D eigenvalue weighted by Gasteiger charge is -2.34. The SMILES string of the molecule is NC(=O)Nc1cccc(C(=O)N2CCN(Cc3csc(-c4ccccc4)n3)CC2)c1. The van der Waals surface area contributed by atoms with Crippen LogP contribution in [0.2, 0.25) is 0 Å². The quantitative estimate of drug-likeness (QED) is 0.661. The summed E-state index contributed by atoms with van der Waals surface area (Å²) in [6.45, 7) is 3.68. The third-order valence-electron chi connectivity index (χ3n) is 4.99. The molecule has 0 aliphatic carbocycles. The van der Waals surface area contributed by atoms with E-state index in [9.17, 15) is 9.59 Å². The molecular formula is C22H23N5O2S. The van der Waals surface area contributed by atoms with Gasteiger partial charge < -0.3 is 16.0 Å². The molecule has 1 saturated heterocycles. The van der Waals surface area contributed by atoms with E-state index in [1.165, 1.54) is 0 Å². The fourth-order valence-electron chi connectivity index (χ4n) is 3.49. The van der Waals surface area contributed by atoms with Crippen LogP contribution >= 0.6 is 11.3 Å². The molecule has 154 valence electrons. The Kier molecular flexibility index (Phi) is 6.06. The molecule has 8 heteroatoms. The molecular weight excluding hydrogens is 398 g/mol. The van der Waals surface area contributed by atoms with Crippen LogP contribution in [0, 0.1) is 0 Å². The molecule has 1 aliphatic heterocycles. The maximum absolute atomic E-state index is 12.8. The zero-order valence-electron chi connectivity index (χ0n) is 16.5. The van der Waals surface area contributed by atoms with Gasteiger partial charge in [0.1, 0.15) is 5.01 Å². The van der Waals surface area contributed by atoms with Crippen molar-refractivity contribution >= 4 is 29.0 Å². The van der Waals surface area contributed by atoms with Gasteiger partial charge in [-0.1, -0.05) is 36.4 Å². The number of urea groups is 1. The molecule has 1 aliphatic rings. The van der Waals surface area contributed by atoms with Gasteiger partial charge in [-0.25, -0.2) is 9.78 Å². The van der Waals surface area contributed by atoms with E-state index in [2.05, 4.69) is 27.7 Å². The summed E-state index contributed by atoms with van der Waals surface area (Å²) in [5.74, 6) is -0.0391. The van der Waals surface area contributed by atoms with Gasteiger partial charge in [-0.2, -0.15) is 0 Å². The van der Waals surface area contributed by atoms with Gasteiger partial charge in [0, 0.05) is 54.9 Å². The predicted octanol–water partition coefficient (Wildman–Crippen LogP) is 3.26. The predicted molar refractivity (Wildman–Crippen MR) is 118 cm³/mol. The summed E-state index contributed by atoms with van der Waals surface area (Å²) in [5.41, 5.74) is 8.41. The van der Waals surface area contributed by atoms with Crippen molar-refractivity contribution < 1.29 is 9.59 Å². The molecule has 0 bridgehead atoms. The molecule has 30 heavy (non-hydrogen) atoms. The molecule has 2 heterocycles. The Morgan fingerprint density at radius 3 is 2.53 bits per heavy atom. The van der Waals surface area contributed by atoms with Crippen LogP contribution in [0.15, 0.2) is 60.0 Å². The average Bonchev–Trinajstić information content (AvgIpc) is 3.23. The molecule has 0 radical (unpaired) electrons. The second-order valence-corrected chi connectivity index (χ2v) is 8.01. The van der Waals surface area contributed by atoms with Crippen molar-refractivity contribution in [3.8, 4) is 10.6 Å². The number of thiazole rings is 1. The summed E-state index contributed by atoms with van der Waals surface area (Å²) in [5, 5.41) is 5.64. The number of hydrogen-bond donors (Lipinski definition) is 2. The van der Waals surface area contributed by atoms with Crippen molar-refractivity contribution in [2.75, 3.05) is 31.5 Å². The van der Waals surface area contributed by atoms with Gasteiger partial charge in [-0.15, -0.1) is 11.3 Å². The topological polar surface area (TPSA) is 91.6 Å². The standard InChI is InChI=1S/C22H23N5O2S/c23-22(29)25-18-8-4-7-17(13-18)21(28)27-11-9-26(10-12-27)14-19-15-30-20(24-19)16-5-2-1-3-6-16/h1-8,13,15H,9-12,14H2,(H3,23,25,29). The van der Waals surface area contributed by atoms with Crippen LogP contribution < -0.4 is 11.1 Å². The Bertz CT molecular complexity index is 1030. The lowest BCUT2D eigenvalue weighted by atomic mass is 10.1. The van der Waals surface area contributed by atoms with E-state index in [1.54, 1.807) is 35.6 Å². The van der Waals surface area contributed by atoms with Crippen molar-refractivity contribution in [3.63, 3.8) is 0 Å². The van der Waals surface area contributed by atoms with Crippen molar-refractivity contribution in [1.82, 2.24) is 14.8 Å². The van der Waals surface area contributed by atoms with E-state index >= 15 is 0 Å². The number of carbonyl (C=O) groups is 2. The highest BCUT2D eigenvalue weighted by molar-refractivity contribution is 7.13. The highest BCUT2D eigenvalue weighted by atomic mass is 32.1. The summed E-state index contributed by atoms with van der Waals surface area (Å²) in [7, 11) is 0. The second-order valence-electron chi connectivity index (χ2n) is 7.15. The fourth-order valence-corrected chi connectivity index (χ4v) is 4.30. The van der Waals surface area contributed by atoms with E-state index in [0.717, 1.165) is 35.9 Å². The number of nitrogens with two attached hydrogens (primary N) is 1. The van der Waals surface area contributed by atoms with Gasteiger partial charge in [-0.3, -0.25) is 9.69 Å². The number of anilines is 1. The first-order valence-corrected chi connectivity index (χ1v) is 10.6. The van der Waals surface area contributed by atoms with Gasteiger partial charge in [-0.05, 0) is 18.2 Å². The monoisotopic (exact) mass is 421 g/mol. The normalized spacial score (nSPS) is 14.5. The van der Waals surface area contributed by atoms with Crippen LogP contribution in [0.1, 0.15) is 16.1 Å². The summed E-state index contributed by atoms with van der Waals surface area (Å²) >= 11 is 1.66. The number of rotatable bonds is 5. The maximum atomic E-state index is 12.8. The van der Waals surface area contributed by atoms with Crippen LogP contribution in [0.25, 0.3) is 10.6 Å². The zero-order valence-corrected chi connectivity index (χ0v) is 17.3. The van der Waals surface area contributed by atoms with Crippen molar-refractivity contribution in [2.24, 2.45) is 5.73 Å². The number of piperazine rings is 1. The molecule has 4 rings (SSSR count). The number of nitrogens with one attached hydrogen (secondary N) is 1.